The lowest BCUT2D eigenvalue weighted by Crippen LogP contribution is -2.39. The highest BCUT2D eigenvalue weighted by atomic mass is 32.2. The molecule has 22 heavy (non-hydrogen) atoms. The number of hydrogen-bond donors (Lipinski definition) is 2. The molecular weight excluding hydrogens is 306 g/mol. The molecule has 0 atom stereocenters. The van der Waals surface area contributed by atoms with Crippen molar-refractivity contribution >= 4 is 21.8 Å². The number of nitrogens with one attached hydrogen (secondary N) is 1. The minimum absolute atomic E-state index is 0.0858. The summed E-state index contributed by atoms with van der Waals surface area (Å²) in [6, 6.07) is 5.88. The van der Waals surface area contributed by atoms with Gasteiger partial charge in [-0.1, -0.05) is 0 Å². The summed E-state index contributed by atoms with van der Waals surface area (Å²) in [4.78, 5) is 13.2. The molecule has 0 aliphatic heterocycles. The molecule has 0 aliphatic rings. The molecule has 0 aliphatic carbocycles. The normalized spacial score (nSPS) is 12.0. The molecule has 8 heteroatoms. The van der Waals surface area contributed by atoms with Crippen molar-refractivity contribution in [2.24, 2.45) is 0 Å². The molecule has 0 heterocycles. The summed E-state index contributed by atoms with van der Waals surface area (Å²) in [6.07, 6.45) is -0.501. The highest BCUT2D eigenvalue weighted by Crippen LogP contribution is 2.11. The van der Waals surface area contributed by atoms with Gasteiger partial charge in [-0.15, -0.1) is 0 Å². The lowest BCUT2D eigenvalue weighted by Gasteiger charge is -2.24. The first-order valence-electron chi connectivity index (χ1n) is 6.80. The van der Waals surface area contributed by atoms with E-state index in [9.17, 15) is 13.2 Å². The molecule has 0 aromatic heterocycles. The Morgan fingerprint density at radius 2 is 1.82 bits per heavy atom. The van der Waals surface area contributed by atoms with Crippen molar-refractivity contribution in [3.8, 4) is 0 Å². The van der Waals surface area contributed by atoms with Gasteiger partial charge in [0.2, 0.25) is 10.0 Å². The van der Waals surface area contributed by atoms with Crippen molar-refractivity contribution in [3.05, 3.63) is 24.3 Å². The van der Waals surface area contributed by atoms with Crippen molar-refractivity contribution in [1.29, 1.82) is 0 Å². The zero-order chi connectivity index (χ0) is 17.0. The summed E-state index contributed by atoms with van der Waals surface area (Å²) in [5, 5.41) is 0. The monoisotopic (exact) mass is 329 g/mol. The van der Waals surface area contributed by atoms with Gasteiger partial charge < -0.3 is 15.4 Å². The van der Waals surface area contributed by atoms with Crippen LogP contribution in [0.5, 0.6) is 0 Å². The summed E-state index contributed by atoms with van der Waals surface area (Å²) < 4.78 is 31.7. The van der Waals surface area contributed by atoms with Crippen LogP contribution in [0, 0.1) is 0 Å². The number of carbonyl (C=O) groups is 1. The molecule has 0 radical (unpaired) electrons. The molecular formula is C14H23N3O4S. The van der Waals surface area contributed by atoms with Crippen LogP contribution in [0.15, 0.2) is 29.2 Å². The zero-order valence-electron chi connectivity index (χ0n) is 13.3. The number of amides is 1. The summed E-state index contributed by atoms with van der Waals surface area (Å²) in [5.74, 6) is 0. The molecule has 0 unspecified atom stereocenters. The third kappa shape index (κ3) is 5.90. The minimum Gasteiger partial charge on any atom is -0.444 e. The van der Waals surface area contributed by atoms with E-state index in [2.05, 4.69) is 4.72 Å². The van der Waals surface area contributed by atoms with Crippen LogP contribution in [0.25, 0.3) is 0 Å². The molecule has 0 spiro atoms. The lowest BCUT2D eigenvalue weighted by atomic mass is 10.2. The molecule has 0 saturated heterocycles. The number of anilines is 1. The maximum absolute atomic E-state index is 12.0. The van der Waals surface area contributed by atoms with E-state index in [1.165, 1.54) is 29.2 Å². The Morgan fingerprint density at radius 3 is 2.32 bits per heavy atom. The topological polar surface area (TPSA) is 102 Å². The Morgan fingerprint density at radius 1 is 1.27 bits per heavy atom. The Balaban J connectivity index is 2.52. The Bertz CT molecular complexity index is 606. The van der Waals surface area contributed by atoms with Gasteiger partial charge in [-0.3, -0.25) is 0 Å². The first kappa shape index (κ1) is 18.2. The van der Waals surface area contributed by atoms with Crippen LogP contribution in [0.4, 0.5) is 10.5 Å². The van der Waals surface area contributed by atoms with Gasteiger partial charge in [-0.05, 0) is 45.0 Å². The molecule has 1 aromatic rings. The first-order valence-corrected chi connectivity index (χ1v) is 8.29. The van der Waals surface area contributed by atoms with E-state index >= 15 is 0 Å². The number of sulfonamides is 1. The third-order valence-corrected chi connectivity index (χ3v) is 4.11. The van der Waals surface area contributed by atoms with Crippen LogP contribution in [0.1, 0.15) is 20.8 Å². The van der Waals surface area contributed by atoms with Crippen LogP contribution in [0.2, 0.25) is 0 Å². The van der Waals surface area contributed by atoms with Crippen LogP contribution in [0.3, 0.4) is 0 Å². The second kappa shape index (κ2) is 6.97. The van der Waals surface area contributed by atoms with Gasteiger partial charge >= 0.3 is 6.09 Å². The second-order valence-corrected chi connectivity index (χ2v) is 7.64. The standard InChI is InChI=1S/C14H23N3O4S/c1-14(2,3)21-13(18)17(4)10-9-16-22(19,20)12-7-5-11(15)6-8-12/h5-8,16H,9-10,15H2,1-4H3. The maximum Gasteiger partial charge on any atom is 0.410 e. The van der Waals surface area contributed by atoms with Crippen molar-refractivity contribution in [1.82, 2.24) is 9.62 Å². The Kier molecular flexibility index (Phi) is 5.78. The number of ether oxygens (including phenoxy) is 1. The fourth-order valence-electron chi connectivity index (χ4n) is 1.51. The van der Waals surface area contributed by atoms with E-state index in [0.717, 1.165) is 0 Å². The molecule has 3 N–H and O–H groups in total. The highest BCUT2D eigenvalue weighted by Gasteiger charge is 2.20. The fourth-order valence-corrected chi connectivity index (χ4v) is 2.53. The van der Waals surface area contributed by atoms with Gasteiger partial charge in [0.1, 0.15) is 5.60 Å². The van der Waals surface area contributed by atoms with Crippen LogP contribution in [-0.2, 0) is 14.8 Å². The number of nitrogens with two attached hydrogens (primary N) is 1. The number of likely N-dealkylation sites (N-methyl/N-ethyl adjacent to an activating group) is 1. The lowest BCUT2D eigenvalue weighted by molar-refractivity contribution is 0.0302. The number of hydrogen-bond acceptors (Lipinski definition) is 5. The van der Waals surface area contributed by atoms with E-state index < -0.39 is 21.7 Å². The molecule has 1 aromatic carbocycles. The van der Waals surface area contributed by atoms with E-state index in [-0.39, 0.29) is 18.0 Å². The first-order chi connectivity index (χ1) is 10.0. The molecule has 1 amide bonds. The van der Waals surface area contributed by atoms with Gasteiger partial charge in [-0.25, -0.2) is 17.9 Å². The molecule has 7 nitrogen and oxygen atoms in total. The fraction of sp³-hybridized carbons (Fsp3) is 0.500. The highest BCUT2D eigenvalue weighted by molar-refractivity contribution is 7.89. The van der Waals surface area contributed by atoms with Gasteiger partial charge in [0.25, 0.3) is 0 Å². The predicted molar refractivity (Wildman–Crippen MR) is 84.9 cm³/mol. The summed E-state index contributed by atoms with van der Waals surface area (Å²) >= 11 is 0. The van der Waals surface area contributed by atoms with Crippen molar-refractivity contribution < 1.29 is 17.9 Å². The Hall–Kier alpha value is -1.80. The van der Waals surface area contributed by atoms with Gasteiger partial charge in [-0.2, -0.15) is 0 Å². The van der Waals surface area contributed by atoms with E-state index in [1.54, 1.807) is 27.8 Å². The van der Waals surface area contributed by atoms with Crippen LogP contribution in [-0.4, -0.2) is 45.1 Å². The number of carbonyl (C=O) groups excluding carboxylic acids is 1. The maximum atomic E-state index is 12.0. The van der Waals surface area contributed by atoms with Crippen LogP contribution < -0.4 is 10.5 Å². The average Bonchev–Trinajstić information content (AvgIpc) is 2.36. The van der Waals surface area contributed by atoms with Gasteiger partial charge in [0.05, 0.1) is 4.90 Å². The average molecular weight is 329 g/mol. The smallest absolute Gasteiger partial charge is 0.410 e. The number of nitrogens with zero attached hydrogens (tertiary/aromatic N) is 1. The van der Waals surface area contributed by atoms with Gasteiger partial charge in [0, 0.05) is 25.8 Å². The SMILES string of the molecule is CN(CCNS(=O)(=O)c1ccc(N)cc1)C(=O)OC(C)(C)C. The van der Waals surface area contributed by atoms with Gasteiger partial charge in [0.15, 0.2) is 0 Å². The molecule has 0 fully saturated rings. The second-order valence-electron chi connectivity index (χ2n) is 5.87. The minimum atomic E-state index is -3.62. The number of rotatable bonds is 5. The summed E-state index contributed by atoms with van der Waals surface area (Å²) in [7, 11) is -2.07. The van der Waals surface area contributed by atoms with E-state index in [4.69, 9.17) is 10.5 Å². The van der Waals surface area contributed by atoms with Crippen molar-refractivity contribution in [2.45, 2.75) is 31.3 Å². The molecule has 124 valence electrons. The van der Waals surface area contributed by atoms with Crippen molar-refractivity contribution in [2.75, 3.05) is 25.9 Å². The quantitative estimate of drug-likeness (QED) is 0.795. The number of benzene rings is 1. The predicted octanol–water partition coefficient (Wildman–Crippen LogP) is 1.41. The van der Waals surface area contributed by atoms with E-state index in [1.807, 2.05) is 0 Å². The Labute approximate surface area is 131 Å². The van der Waals surface area contributed by atoms with Crippen LogP contribution >= 0.6 is 0 Å². The molecule has 0 saturated carbocycles. The van der Waals surface area contributed by atoms with Crippen molar-refractivity contribution in [3.63, 3.8) is 0 Å². The summed E-state index contributed by atoms with van der Waals surface area (Å²) in [5.41, 5.74) is 5.42. The molecule has 0 bridgehead atoms. The third-order valence-electron chi connectivity index (χ3n) is 2.63. The van der Waals surface area contributed by atoms with E-state index in [0.29, 0.717) is 5.69 Å². The largest absolute Gasteiger partial charge is 0.444 e. The number of nitrogen functional groups attached to an aromatic ring is 1. The zero-order valence-corrected chi connectivity index (χ0v) is 14.1. The molecule has 1 rings (SSSR count). The summed E-state index contributed by atoms with van der Waals surface area (Å²) in [6.45, 7) is 5.58.